The van der Waals surface area contributed by atoms with Gasteiger partial charge in [0.2, 0.25) is 5.82 Å². The van der Waals surface area contributed by atoms with E-state index in [1.165, 1.54) is 39.0 Å². The summed E-state index contributed by atoms with van der Waals surface area (Å²) in [5.41, 5.74) is 0. The lowest BCUT2D eigenvalue weighted by atomic mass is 10.3. The van der Waals surface area contributed by atoms with Gasteiger partial charge < -0.3 is 14.8 Å². The van der Waals surface area contributed by atoms with Crippen molar-refractivity contribution >= 4 is 11.8 Å². The molecule has 104 valence electrons. The molecule has 0 saturated heterocycles. The number of anilines is 1. The Bertz CT molecular complexity index is 419. The predicted octanol–water partition coefficient (Wildman–Crippen LogP) is 1.63. The second-order valence-electron chi connectivity index (χ2n) is 4.46. The van der Waals surface area contributed by atoms with E-state index in [0.29, 0.717) is 25.1 Å². The molecule has 0 amide bonds. The van der Waals surface area contributed by atoms with Crippen LogP contribution in [-0.2, 0) is 9.47 Å². The first-order valence-electron chi connectivity index (χ1n) is 6.56. The molecule has 0 radical (unpaired) electrons. The number of carbonyl (C=O) groups is 1. The number of rotatable bonds is 6. The molecule has 2 rings (SSSR count). The third-order valence-corrected chi connectivity index (χ3v) is 3.09. The number of hydrogen-bond acceptors (Lipinski definition) is 6. The molecule has 1 aliphatic carbocycles. The van der Waals surface area contributed by atoms with Crippen molar-refractivity contribution < 1.29 is 14.3 Å². The summed E-state index contributed by atoms with van der Waals surface area (Å²) in [6, 6.07) is 1.71. The highest BCUT2D eigenvalue weighted by atomic mass is 16.5. The maximum Gasteiger partial charge on any atom is 0.376 e. The molecule has 0 bridgehead atoms. The number of methoxy groups -OCH3 is 1. The molecule has 1 heterocycles. The van der Waals surface area contributed by atoms with Crippen molar-refractivity contribution in [3.8, 4) is 0 Å². The van der Waals surface area contributed by atoms with Gasteiger partial charge >= 0.3 is 5.97 Å². The Morgan fingerprint density at radius 3 is 3.00 bits per heavy atom. The molecule has 0 unspecified atom stereocenters. The fraction of sp³-hybridized carbons (Fsp3) is 0.615. The second kappa shape index (κ2) is 7.04. The molecule has 19 heavy (non-hydrogen) atoms. The van der Waals surface area contributed by atoms with E-state index in [9.17, 15) is 4.79 Å². The highest BCUT2D eigenvalue weighted by molar-refractivity contribution is 5.85. The van der Waals surface area contributed by atoms with Crippen LogP contribution in [-0.4, -0.2) is 42.3 Å². The monoisotopic (exact) mass is 265 g/mol. The molecular formula is C13H19N3O3. The topological polar surface area (TPSA) is 73.3 Å². The number of aromatic nitrogens is 2. The Kier molecular flexibility index (Phi) is 5.09. The molecule has 1 aliphatic rings. The van der Waals surface area contributed by atoms with Gasteiger partial charge in [-0.25, -0.2) is 14.8 Å². The summed E-state index contributed by atoms with van der Waals surface area (Å²) in [5, 5.41) is 3.10. The zero-order valence-corrected chi connectivity index (χ0v) is 11.1. The molecule has 1 aromatic heterocycles. The molecule has 0 aliphatic heterocycles. The molecule has 1 N–H and O–H groups in total. The van der Waals surface area contributed by atoms with Crippen molar-refractivity contribution in [1.82, 2.24) is 9.97 Å². The van der Waals surface area contributed by atoms with Crippen LogP contribution in [0.1, 0.15) is 36.3 Å². The smallest absolute Gasteiger partial charge is 0.376 e. The van der Waals surface area contributed by atoms with Gasteiger partial charge in [-0.3, -0.25) is 0 Å². The van der Waals surface area contributed by atoms with Crippen molar-refractivity contribution in [2.24, 2.45) is 0 Å². The average Bonchev–Trinajstić information content (AvgIpc) is 2.96. The van der Waals surface area contributed by atoms with Gasteiger partial charge in [0.15, 0.2) is 0 Å². The summed E-state index contributed by atoms with van der Waals surface area (Å²) in [4.78, 5) is 19.2. The SMILES string of the molecule is COC(=O)c1nccc(NCCOC2CCCC2)n1. The molecule has 0 spiro atoms. The van der Waals surface area contributed by atoms with E-state index in [0.717, 1.165) is 0 Å². The minimum absolute atomic E-state index is 0.0595. The fourth-order valence-electron chi connectivity index (χ4n) is 2.11. The lowest BCUT2D eigenvalue weighted by molar-refractivity contribution is 0.0587. The van der Waals surface area contributed by atoms with Crippen molar-refractivity contribution in [2.45, 2.75) is 31.8 Å². The lowest BCUT2D eigenvalue weighted by Gasteiger charge is -2.11. The van der Waals surface area contributed by atoms with E-state index >= 15 is 0 Å². The van der Waals surface area contributed by atoms with E-state index in [1.807, 2.05) is 0 Å². The summed E-state index contributed by atoms with van der Waals surface area (Å²) < 4.78 is 10.3. The number of ether oxygens (including phenoxy) is 2. The van der Waals surface area contributed by atoms with Gasteiger partial charge in [-0.2, -0.15) is 0 Å². The first-order chi connectivity index (χ1) is 9.29. The Hall–Kier alpha value is -1.69. The van der Waals surface area contributed by atoms with E-state index in [-0.39, 0.29) is 5.82 Å². The molecule has 6 heteroatoms. The van der Waals surface area contributed by atoms with Gasteiger partial charge in [-0.15, -0.1) is 0 Å². The van der Waals surface area contributed by atoms with Gasteiger partial charge in [0.25, 0.3) is 0 Å². The van der Waals surface area contributed by atoms with Crippen LogP contribution < -0.4 is 5.32 Å². The number of carbonyl (C=O) groups excluding carboxylic acids is 1. The van der Waals surface area contributed by atoms with Gasteiger partial charge in [0.05, 0.1) is 19.8 Å². The quantitative estimate of drug-likeness (QED) is 0.622. The van der Waals surface area contributed by atoms with Crippen LogP contribution in [0.25, 0.3) is 0 Å². The maximum atomic E-state index is 11.3. The summed E-state index contributed by atoms with van der Waals surface area (Å²) in [6.07, 6.45) is 6.82. The van der Waals surface area contributed by atoms with E-state index in [4.69, 9.17) is 4.74 Å². The van der Waals surface area contributed by atoms with Crippen LogP contribution in [0.3, 0.4) is 0 Å². The molecule has 6 nitrogen and oxygen atoms in total. The number of nitrogens with one attached hydrogen (secondary N) is 1. The van der Waals surface area contributed by atoms with Crippen LogP contribution in [0, 0.1) is 0 Å². The molecule has 1 aromatic rings. The van der Waals surface area contributed by atoms with Crippen molar-refractivity contribution in [1.29, 1.82) is 0 Å². The van der Waals surface area contributed by atoms with Gasteiger partial charge in [0.1, 0.15) is 5.82 Å². The maximum absolute atomic E-state index is 11.3. The summed E-state index contributed by atoms with van der Waals surface area (Å²) >= 11 is 0. The Morgan fingerprint density at radius 2 is 2.26 bits per heavy atom. The summed E-state index contributed by atoms with van der Waals surface area (Å²) in [7, 11) is 1.31. The van der Waals surface area contributed by atoms with Crippen LogP contribution in [0.15, 0.2) is 12.3 Å². The van der Waals surface area contributed by atoms with E-state index in [1.54, 1.807) is 6.07 Å². The van der Waals surface area contributed by atoms with Crippen LogP contribution in [0.5, 0.6) is 0 Å². The highest BCUT2D eigenvalue weighted by Crippen LogP contribution is 2.20. The second-order valence-corrected chi connectivity index (χ2v) is 4.46. The molecule has 1 fully saturated rings. The van der Waals surface area contributed by atoms with E-state index in [2.05, 4.69) is 20.0 Å². The first-order valence-corrected chi connectivity index (χ1v) is 6.56. The van der Waals surface area contributed by atoms with Crippen LogP contribution >= 0.6 is 0 Å². The highest BCUT2D eigenvalue weighted by Gasteiger charge is 2.14. The summed E-state index contributed by atoms with van der Waals surface area (Å²) in [5.74, 6) is 0.125. The average molecular weight is 265 g/mol. The van der Waals surface area contributed by atoms with Gasteiger partial charge in [0, 0.05) is 12.7 Å². The fourth-order valence-corrected chi connectivity index (χ4v) is 2.11. The standard InChI is InChI=1S/C13H19N3O3/c1-18-13(17)12-15-7-6-11(16-12)14-8-9-19-10-4-2-3-5-10/h6-7,10H,2-5,8-9H2,1H3,(H,14,15,16). The van der Waals surface area contributed by atoms with Crippen molar-refractivity contribution in [2.75, 3.05) is 25.6 Å². The number of hydrogen-bond donors (Lipinski definition) is 1. The van der Waals surface area contributed by atoms with Gasteiger partial charge in [-0.1, -0.05) is 12.8 Å². The lowest BCUT2D eigenvalue weighted by Crippen LogP contribution is -2.16. The minimum Gasteiger partial charge on any atom is -0.463 e. The normalized spacial score (nSPS) is 15.4. The Morgan fingerprint density at radius 1 is 1.47 bits per heavy atom. The summed E-state index contributed by atoms with van der Waals surface area (Å²) in [6.45, 7) is 1.30. The Balaban J connectivity index is 1.74. The first kappa shape index (κ1) is 13.7. The minimum atomic E-state index is -0.536. The number of nitrogens with zero attached hydrogens (tertiary/aromatic N) is 2. The van der Waals surface area contributed by atoms with Crippen molar-refractivity contribution in [3.63, 3.8) is 0 Å². The van der Waals surface area contributed by atoms with E-state index < -0.39 is 5.97 Å². The van der Waals surface area contributed by atoms with Crippen LogP contribution in [0.4, 0.5) is 5.82 Å². The third kappa shape index (κ3) is 4.17. The Labute approximate surface area is 112 Å². The zero-order chi connectivity index (χ0) is 13.5. The van der Waals surface area contributed by atoms with Gasteiger partial charge in [-0.05, 0) is 18.9 Å². The van der Waals surface area contributed by atoms with Crippen LogP contribution in [0.2, 0.25) is 0 Å². The molecular weight excluding hydrogens is 246 g/mol. The largest absolute Gasteiger partial charge is 0.463 e. The predicted molar refractivity (Wildman–Crippen MR) is 70.1 cm³/mol. The van der Waals surface area contributed by atoms with Crippen molar-refractivity contribution in [3.05, 3.63) is 18.1 Å². The number of esters is 1. The molecule has 1 saturated carbocycles. The molecule has 0 atom stereocenters. The third-order valence-electron chi connectivity index (χ3n) is 3.09. The molecule has 0 aromatic carbocycles. The zero-order valence-electron chi connectivity index (χ0n) is 11.1.